The topological polar surface area (TPSA) is 79.0 Å². The van der Waals surface area contributed by atoms with Gasteiger partial charge < -0.3 is 5.32 Å². The predicted molar refractivity (Wildman–Crippen MR) is 50.2 cm³/mol. The van der Waals surface area contributed by atoms with Crippen LogP contribution >= 0.6 is 11.3 Å². The molecule has 0 saturated carbocycles. The van der Waals surface area contributed by atoms with Crippen LogP contribution in [0, 0.1) is 21.4 Å². The van der Waals surface area contributed by atoms with Crippen molar-refractivity contribution >= 4 is 22.0 Å². The molecular formula is C7H6FN3O2S. The van der Waals surface area contributed by atoms with Crippen LogP contribution in [-0.2, 0) is 0 Å². The molecule has 0 unspecified atom stereocenters. The van der Waals surface area contributed by atoms with Crippen LogP contribution < -0.4 is 5.32 Å². The highest BCUT2D eigenvalue weighted by Gasteiger charge is 2.18. The van der Waals surface area contributed by atoms with Gasteiger partial charge in [-0.2, -0.15) is 5.26 Å². The van der Waals surface area contributed by atoms with Gasteiger partial charge in [-0.1, -0.05) is 0 Å². The first-order valence-electron chi connectivity index (χ1n) is 3.67. The Kier molecular flexibility index (Phi) is 3.36. The van der Waals surface area contributed by atoms with E-state index in [1.165, 1.54) is 6.07 Å². The fourth-order valence-corrected chi connectivity index (χ4v) is 1.63. The summed E-state index contributed by atoms with van der Waals surface area (Å²) in [5, 5.41) is 21.4. The Morgan fingerprint density at radius 1 is 1.79 bits per heavy atom. The summed E-state index contributed by atoms with van der Waals surface area (Å²) in [6.45, 7) is -0.614. The lowest BCUT2D eigenvalue weighted by molar-refractivity contribution is -0.379. The molecule has 0 bridgehead atoms. The summed E-state index contributed by atoms with van der Waals surface area (Å²) in [5.41, 5.74) is 0.203. The molecule has 0 atom stereocenters. The predicted octanol–water partition coefficient (Wildman–Crippen LogP) is 1.91. The number of nitriles is 1. The van der Waals surface area contributed by atoms with Gasteiger partial charge in [-0.15, -0.1) is 0 Å². The maximum absolute atomic E-state index is 11.8. The minimum atomic E-state index is -0.616. The average Bonchev–Trinajstić information content (AvgIpc) is 2.58. The molecule has 1 heterocycles. The van der Waals surface area contributed by atoms with Gasteiger partial charge in [0, 0.05) is 6.54 Å². The van der Waals surface area contributed by atoms with Crippen LogP contribution in [0.4, 0.5) is 15.1 Å². The number of anilines is 1. The third-order valence-corrected chi connectivity index (χ3v) is 2.39. The number of alkyl halides is 1. The zero-order valence-electron chi connectivity index (χ0n) is 6.99. The lowest BCUT2D eigenvalue weighted by Crippen LogP contribution is -2.03. The zero-order valence-corrected chi connectivity index (χ0v) is 7.81. The first kappa shape index (κ1) is 10.4. The van der Waals surface area contributed by atoms with Crippen LogP contribution in [0.2, 0.25) is 0 Å². The van der Waals surface area contributed by atoms with Crippen LogP contribution in [0.3, 0.4) is 0 Å². The molecule has 1 aromatic rings. The molecule has 1 aromatic heterocycles. The SMILES string of the molecule is N#Cc1cc(NCCF)c([N+](=O)[O-])s1. The van der Waals surface area contributed by atoms with E-state index in [-0.39, 0.29) is 22.1 Å². The van der Waals surface area contributed by atoms with Crippen LogP contribution in [-0.4, -0.2) is 18.1 Å². The standard InChI is InChI=1S/C7H6FN3O2S/c8-1-2-10-6-3-5(4-9)14-7(6)11(12)13/h3,10H,1-2H2. The van der Waals surface area contributed by atoms with E-state index in [1.54, 1.807) is 6.07 Å². The Morgan fingerprint density at radius 3 is 3.00 bits per heavy atom. The van der Waals surface area contributed by atoms with Gasteiger partial charge in [0.15, 0.2) is 0 Å². The first-order valence-corrected chi connectivity index (χ1v) is 4.49. The van der Waals surface area contributed by atoms with E-state index in [2.05, 4.69) is 5.32 Å². The molecule has 0 saturated heterocycles. The molecule has 7 heteroatoms. The second-order valence-corrected chi connectivity index (χ2v) is 3.34. The number of nitrogens with zero attached hydrogens (tertiary/aromatic N) is 2. The number of halogens is 1. The molecule has 1 N–H and O–H groups in total. The average molecular weight is 215 g/mol. The number of rotatable bonds is 4. The van der Waals surface area contributed by atoms with Gasteiger partial charge in [0.05, 0.1) is 4.92 Å². The minimum absolute atomic E-state index is 0.00242. The second kappa shape index (κ2) is 4.53. The smallest absolute Gasteiger partial charge is 0.348 e. The zero-order chi connectivity index (χ0) is 10.6. The summed E-state index contributed by atoms with van der Waals surface area (Å²) in [6.07, 6.45) is 0. The van der Waals surface area contributed by atoms with E-state index in [1.807, 2.05) is 0 Å². The molecule has 0 amide bonds. The Balaban J connectivity index is 2.95. The van der Waals surface area contributed by atoms with Crippen molar-refractivity contribution in [2.24, 2.45) is 0 Å². The normalized spacial score (nSPS) is 9.43. The van der Waals surface area contributed by atoms with E-state index >= 15 is 0 Å². The van der Waals surface area contributed by atoms with Gasteiger partial charge in [0.2, 0.25) is 0 Å². The lowest BCUT2D eigenvalue weighted by atomic mass is 10.4. The molecule has 14 heavy (non-hydrogen) atoms. The largest absolute Gasteiger partial charge is 0.376 e. The lowest BCUT2D eigenvalue weighted by Gasteiger charge is -1.97. The molecule has 0 spiro atoms. The van der Waals surface area contributed by atoms with Gasteiger partial charge in [-0.25, -0.2) is 4.39 Å². The van der Waals surface area contributed by atoms with Crippen molar-refractivity contribution < 1.29 is 9.31 Å². The van der Waals surface area contributed by atoms with Crippen LogP contribution in [0.5, 0.6) is 0 Å². The van der Waals surface area contributed by atoms with Crippen molar-refractivity contribution in [3.63, 3.8) is 0 Å². The van der Waals surface area contributed by atoms with E-state index in [0.29, 0.717) is 0 Å². The molecule has 74 valence electrons. The third kappa shape index (κ3) is 2.17. The Labute approximate surface area is 82.9 Å². The van der Waals surface area contributed by atoms with Gasteiger partial charge in [-0.05, 0) is 17.4 Å². The fraction of sp³-hybridized carbons (Fsp3) is 0.286. The summed E-state index contributed by atoms with van der Waals surface area (Å²) >= 11 is 0.773. The highest BCUT2D eigenvalue weighted by Crippen LogP contribution is 2.33. The summed E-state index contributed by atoms with van der Waals surface area (Å²) < 4.78 is 11.8. The number of hydrogen-bond donors (Lipinski definition) is 1. The second-order valence-electron chi connectivity index (χ2n) is 2.31. The fourth-order valence-electron chi connectivity index (χ4n) is 0.881. The Morgan fingerprint density at radius 2 is 2.50 bits per heavy atom. The number of nitrogens with one attached hydrogen (secondary N) is 1. The van der Waals surface area contributed by atoms with Gasteiger partial charge in [-0.3, -0.25) is 10.1 Å². The van der Waals surface area contributed by atoms with Crippen LogP contribution in [0.15, 0.2) is 6.07 Å². The molecule has 0 aliphatic rings. The quantitative estimate of drug-likeness (QED) is 0.614. The highest BCUT2D eigenvalue weighted by molar-refractivity contribution is 7.16. The molecule has 0 fully saturated rings. The monoisotopic (exact) mass is 215 g/mol. The highest BCUT2D eigenvalue weighted by atomic mass is 32.1. The van der Waals surface area contributed by atoms with Crippen molar-refractivity contribution in [1.82, 2.24) is 0 Å². The van der Waals surface area contributed by atoms with Crippen molar-refractivity contribution in [3.05, 3.63) is 21.1 Å². The number of hydrogen-bond acceptors (Lipinski definition) is 5. The molecule has 1 rings (SSSR count). The van der Waals surface area contributed by atoms with E-state index in [9.17, 15) is 14.5 Å². The molecule has 0 aliphatic heterocycles. The van der Waals surface area contributed by atoms with Crippen LogP contribution in [0.1, 0.15) is 4.88 Å². The first-order chi connectivity index (χ1) is 6.69. The molecular weight excluding hydrogens is 209 g/mol. The Bertz CT molecular complexity index is 385. The van der Waals surface area contributed by atoms with E-state index in [0.717, 1.165) is 11.3 Å². The van der Waals surface area contributed by atoms with E-state index < -0.39 is 11.6 Å². The van der Waals surface area contributed by atoms with Crippen molar-refractivity contribution in [2.45, 2.75) is 0 Å². The van der Waals surface area contributed by atoms with Gasteiger partial charge >= 0.3 is 5.00 Å². The van der Waals surface area contributed by atoms with Crippen molar-refractivity contribution in [2.75, 3.05) is 18.5 Å². The molecule has 0 radical (unpaired) electrons. The number of nitro groups is 1. The minimum Gasteiger partial charge on any atom is -0.376 e. The summed E-state index contributed by atoms with van der Waals surface area (Å²) in [4.78, 5) is 10.1. The van der Waals surface area contributed by atoms with Crippen molar-refractivity contribution in [3.8, 4) is 6.07 Å². The van der Waals surface area contributed by atoms with Gasteiger partial charge in [0.1, 0.15) is 23.3 Å². The summed E-state index contributed by atoms with van der Waals surface area (Å²) in [5.74, 6) is 0. The molecule has 5 nitrogen and oxygen atoms in total. The van der Waals surface area contributed by atoms with E-state index in [4.69, 9.17) is 5.26 Å². The molecule has 0 aliphatic carbocycles. The Hall–Kier alpha value is -1.68. The maximum atomic E-state index is 11.8. The molecule has 0 aromatic carbocycles. The van der Waals surface area contributed by atoms with Gasteiger partial charge in [0.25, 0.3) is 0 Å². The summed E-state index contributed by atoms with van der Waals surface area (Å²) in [6, 6.07) is 3.15. The summed E-state index contributed by atoms with van der Waals surface area (Å²) in [7, 11) is 0. The van der Waals surface area contributed by atoms with Crippen LogP contribution in [0.25, 0.3) is 0 Å². The maximum Gasteiger partial charge on any atom is 0.348 e. The third-order valence-electron chi connectivity index (χ3n) is 1.40. The van der Waals surface area contributed by atoms with Crippen molar-refractivity contribution in [1.29, 1.82) is 5.26 Å². The number of thiophene rings is 1.